The number of aromatic nitrogens is 3. The molecule has 4 N–H and O–H groups in total. The molecule has 0 bridgehead atoms. The van der Waals surface area contributed by atoms with Crippen molar-refractivity contribution in [3.63, 3.8) is 0 Å². The first-order valence-corrected chi connectivity index (χ1v) is 16.8. The number of aromatic amines is 2. The molecule has 2 heterocycles. The highest BCUT2D eigenvalue weighted by Crippen LogP contribution is 2.28. The van der Waals surface area contributed by atoms with Gasteiger partial charge in [-0.1, -0.05) is 49.2 Å². The van der Waals surface area contributed by atoms with Gasteiger partial charge in [-0.05, 0) is 67.3 Å². The molecule has 0 fully saturated rings. The highest BCUT2D eigenvalue weighted by molar-refractivity contribution is 7.90. The predicted octanol–water partition coefficient (Wildman–Crippen LogP) is 5.84. The lowest BCUT2D eigenvalue weighted by Crippen LogP contribution is -2.31. The molecular weight excluding hydrogens is 590 g/mol. The third-order valence-electron chi connectivity index (χ3n) is 8.03. The summed E-state index contributed by atoms with van der Waals surface area (Å²) in [4.78, 5) is 37.0. The summed E-state index contributed by atoms with van der Waals surface area (Å²) in [5, 5.41) is 6.40. The fourth-order valence-electron chi connectivity index (χ4n) is 5.52. The van der Waals surface area contributed by atoms with E-state index in [4.69, 9.17) is 4.74 Å². The van der Waals surface area contributed by atoms with Crippen LogP contribution in [0.25, 0.3) is 32.9 Å². The number of fused-ring (bicyclic) bond motifs is 2. The number of hydrogen-bond donors (Lipinski definition) is 4. The molecule has 0 saturated heterocycles. The number of sulfonamides is 1. The Labute approximate surface area is 263 Å². The molecule has 0 aliphatic carbocycles. The molecule has 1 atom stereocenters. The maximum Gasteiger partial charge on any atom is 0.234 e. The number of unbranched alkanes of at least 4 members (excludes halogenated alkanes) is 2. The Balaban J connectivity index is 1.30. The molecule has 0 saturated carbocycles. The summed E-state index contributed by atoms with van der Waals surface area (Å²) in [6.45, 7) is 3.44. The minimum atomic E-state index is -3.57. The SMILES string of the molecule is CCS(=O)(=O)NC(=O)CCCCC[C@H](NC(=O)Cc1c(C)[nH]c2ccc(OC)cc12)c1ncc(-c2ccc3ccccc3c2)[nH]1. The van der Waals surface area contributed by atoms with Crippen LogP contribution in [0.15, 0.2) is 66.9 Å². The zero-order valence-corrected chi connectivity index (χ0v) is 26.6. The number of ether oxygens (including phenoxy) is 1. The molecule has 5 aromatic rings. The van der Waals surface area contributed by atoms with Crippen molar-refractivity contribution in [1.82, 2.24) is 25.0 Å². The molecule has 0 aliphatic rings. The number of aryl methyl sites for hydroxylation is 1. The largest absolute Gasteiger partial charge is 0.497 e. The molecule has 10 nitrogen and oxygen atoms in total. The van der Waals surface area contributed by atoms with E-state index in [0.717, 1.165) is 49.9 Å². The maximum absolute atomic E-state index is 13.5. The van der Waals surface area contributed by atoms with E-state index in [1.165, 1.54) is 6.92 Å². The van der Waals surface area contributed by atoms with Crippen LogP contribution in [0.4, 0.5) is 0 Å². The van der Waals surface area contributed by atoms with E-state index in [-0.39, 0.29) is 30.5 Å². The van der Waals surface area contributed by atoms with Gasteiger partial charge in [-0.3, -0.25) is 14.3 Å². The number of methoxy groups -OCH3 is 1. The fourth-order valence-corrected chi connectivity index (χ4v) is 6.12. The summed E-state index contributed by atoms with van der Waals surface area (Å²) in [5.74, 6) is 0.586. The Kier molecular flexibility index (Phi) is 9.87. The average Bonchev–Trinajstić information content (AvgIpc) is 3.64. The number of nitrogens with zero attached hydrogens (tertiary/aromatic N) is 1. The lowest BCUT2D eigenvalue weighted by molar-refractivity contribution is -0.121. The standard InChI is InChI=1S/C34H39N5O5S/c1-4-45(42,43)39-32(40)13-7-5-6-12-30(34-35-21-31(38-34)25-15-14-23-10-8-9-11-24(23)18-25)37-33(41)20-27-22(2)36-29-17-16-26(44-3)19-28(27)29/h8-11,14-19,21,30,36H,4-7,12-13,20H2,1-3H3,(H,35,38)(H,37,41)(H,39,40)/t30-/m0/s1. The van der Waals surface area contributed by atoms with Gasteiger partial charge in [0.1, 0.15) is 11.6 Å². The number of imidazole rings is 1. The van der Waals surface area contributed by atoms with Crippen molar-refractivity contribution < 1.29 is 22.7 Å². The van der Waals surface area contributed by atoms with Crippen LogP contribution < -0.4 is 14.8 Å². The second-order valence-electron chi connectivity index (χ2n) is 11.2. The zero-order chi connectivity index (χ0) is 32.0. The molecule has 2 aromatic heterocycles. The van der Waals surface area contributed by atoms with Crippen molar-refractivity contribution in [1.29, 1.82) is 0 Å². The van der Waals surface area contributed by atoms with E-state index in [9.17, 15) is 18.0 Å². The summed E-state index contributed by atoms with van der Waals surface area (Å²) in [5.41, 5.74) is 4.61. The van der Waals surface area contributed by atoms with Crippen molar-refractivity contribution in [2.24, 2.45) is 0 Å². The van der Waals surface area contributed by atoms with Crippen molar-refractivity contribution in [2.75, 3.05) is 12.9 Å². The first kappa shape index (κ1) is 31.8. The molecule has 236 valence electrons. The number of carbonyl (C=O) groups is 2. The Morgan fingerprint density at radius 1 is 0.956 bits per heavy atom. The van der Waals surface area contributed by atoms with E-state index in [0.29, 0.717) is 31.5 Å². The smallest absolute Gasteiger partial charge is 0.234 e. The predicted molar refractivity (Wildman–Crippen MR) is 176 cm³/mol. The van der Waals surface area contributed by atoms with Gasteiger partial charge in [-0.15, -0.1) is 0 Å². The Bertz CT molecular complexity index is 1930. The van der Waals surface area contributed by atoms with E-state index in [1.54, 1.807) is 13.3 Å². The van der Waals surface area contributed by atoms with E-state index >= 15 is 0 Å². The quantitative estimate of drug-likeness (QED) is 0.114. The summed E-state index contributed by atoms with van der Waals surface area (Å²) < 4.78 is 30.8. The first-order valence-electron chi connectivity index (χ1n) is 15.2. The van der Waals surface area contributed by atoms with Crippen molar-refractivity contribution >= 4 is 43.5 Å². The second-order valence-corrected chi connectivity index (χ2v) is 13.2. The summed E-state index contributed by atoms with van der Waals surface area (Å²) >= 11 is 0. The monoisotopic (exact) mass is 629 g/mol. The van der Waals surface area contributed by atoms with Gasteiger partial charge in [-0.25, -0.2) is 13.4 Å². The third kappa shape index (κ3) is 7.91. The van der Waals surface area contributed by atoms with Gasteiger partial charge in [0.25, 0.3) is 0 Å². The molecule has 2 amide bonds. The lowest BCUT2D eigenvalue weighted by atomic mass is 10.0. The van der Waals surface area contributed by atoms with Crippen LogP contribution in [0.1, 0.15) is 62.2 Å². The van der Waals surface area contributed by atoms with E-state index in [2.05, 4.69) is 49.3 Å². The molecular formula is C34H39N5O5S. The van der Waals surface area contributed by atoms with Crippen LogP contribution in [0.3, 0.4) is 0 Å². The Morgan fingerprint density at radius 2 is 1.76 bits per heavy atom. The van der Waals surface area contributed by atoms with Crippen molar-refractivity contribution in [2.45, 2.75) is 58.4 Å². The summed E-state index contributed by atoms with van der Waals surface area (Å²) in [6, 6.07) is 19.8. The van der Waals surface area contributed by atoms with Crippen molar-refractivity contribution in [3.05, 3.63) is 83.9 Å². The number of benzene rings is 3. The van der Waals surface area contributed by atoms with Crippen LogP contribution in [0.2, 0.25) is 0 Å². The second kappa shape index (κ2) is 14.0. The number of H-pyrrole nitrogens is 2. The Morgan fingerprint density at radius 3 is 2.53 bits per heavy atom. The van der Waals surface area contributed by atoms with Gasteiger partial charge in [0.15, 0.2) is 0 Å². The number of hydrogen-bond acceptors (Lipinski definition) is 6. The average molecular weight is 630 g/mol. The molecule has 0 spiro atoms. The van der Waals surface area contributed by atoms with Gasteiger partial charge in [0.05, 0.1) is 37.2 Å². The molecule has 0 unspecified atom stereocenters. The van der Waals surface area contributed by atoms with E-state index in [1.807, 2.05) is 43.3 Å². The Hall–Kier alpha value is -4.64. The summed E-state index contributed by atoms with van der Waals surface area (Å²) in [7, 11) is -1.95. The fraction of sp³-hybridized carbons (Fsp3) is 0.324. The third-order valence-corrected chi connectivity index (χ3v) is 9.33. The molecule has 3 aromatic carbocycles. The van der Waals surface area contributed by atoms with Gasteiger partial charge in [0, 0.05) is 28.6 Å². The first-order chi connectivity index (χ1) is 21.7. The van der Waals surface area contributed by atoms with Gasteiger partial charge in [-0.2, -0.15) is 0 Å². The van der Waals surface area contributed by atoms with Crippen LogP contribution in [-0.2, 0) is 26.0 Å². The highest BCUT2D eigenvalue weighted by Gasteiger charge is 2.21. The number of nitrogens with one attached hydrogen (secondary N) is 4. The molecule has 0 radical (unpaired) electrons. The summed E-state index contributed by atoms with van der Waals surface area (Å²) in [6.07, 6.45) is 4.59. The number of carbonyl (C=O) groups excluding carboxylic acids is 2. The van der Waals surface area contributed by atoms with Gasteiger partial charge >= 0.3 is 0 Å². The van der Waals surface area contributed by atoms with Gasteiger partial charge < -0.3 is 20.0 Å². The highest BCUT2D eigenvalue weighted by atomic mass is 32.2. The molecule has 0 aliphatic heterocycles. The van der Waals surface area contributed by atoms with Gasteiger partial charge in [0.2, 0.25) is 21.8 Å². The van der Waals surface area contributed by atoms with Crippen LogP contribution >= 0.6 is 0 Å². The number of amides is 2. The molecule has 5 rings (SSSR count). The topological polar surface area (TPSA) is 146 Å². The minimum Gasteiger partial charge on any atom is -0.497 e. The molecule has 11 heteroatoms. The van der Waals surface area contributed by atoms with E-state index < -0.39 is 15.9 Å². The maximum atomic E-state index is 13.5. The molecule has 45 heavy (non-hydrogen) atoms. The lowest BCUT2D eigenvalue weighted by Gasteiger charge is -2.17. The van der Waals surface area contributed by atoms with Crippen LogP contribution in [-0.4, -0.2) is 48.0 Å². The van der Waals surface area contributed by atoms with Crippen LogP contribution in [0.5, 0.6) is 5.75 Å². The van der Waals surface area contributed by atoms with Crippen LogP contribution in [0, 0.1) is 6.92 Å². The normalized spacial score (nSPS) is 12.3. The zero-order valence-electron chi connectivity index (χ0n) is 25.8. The van der Waals surface area contributed by atoms with Crippen molar-refractivity contribution in [3.8, 4) is 17.0 Å². The number of rotatable bonds is 14. The minimum absolute atomic E-state index is 0.117.